The van der Waals surface area contributed by atoms with Gasteiger partial charge in [-0.3, -0.25) is 24.0 Å². The topological polar surface area (TPSA) is 276 Å². The highest BCUT2D eigenvalue weighted by Crippen LogP contribution is 2.65. The van der Waals surface area contributed by atoms with Crippen molar-refractivity contribution in [3.8, 4) is 0 Å². The van der Waals surface area contributed by atoms with E-state index in [0.29, 0.717) is 0 Å². The number of aliphatic hydroxyl groups excluding tert-OH is 2. The molecule has 0 unspecified atom stereocenters. The molecule has 4 aliphatic rings. The molecule has 12 atom stereocenters. The van der Waals surface area contributed by atoms with Gasteiger partial charge in [-0.25, -0.2) is 14.4 Å². The van der Waals surface area contributed by atoms with Crippen molar-refractivity contribution < 1.29 is 82.5 Å². The standard InChI is InChI=1S/C52H57NO17/c1-27(54)22-33-39-28(2)35(67-48(64)41(68-38(58)23-34(56)46(61)62)40(30-16-10-7-11-17-30)53-45(60)31-18-12-8-13-19-31)25-52(65,49(39,4)5)44(69-47(63)32-20-14-9-15-21-32)42-50(6,43(33)59)36(57)24-37-51(42,26-66-37)70-29(3)55/h7-21,33-37,40-42,44,56-57,65H,22-26H2,1-6H3,(H,53,60)(H,61,62)/t33-,34+,35+,36+,37-,40+,41-,42+,44+,50-,51+,52-/m1/s1. The summed E-state index contributed by atoms with van der Waals surface area (Å²) in [5.74, 6) is -11.2. The molecule has 3 aromatic carbocycles. The molecule has 372 valence electrons. The Kier molecular flexibility index (Phi) is 14.4. The number of esters is 4. The van der Waals surface area contributed by atoms with Crippen LogP contribution in [0.3, 0.4) is 0 Å². The summed E-state index contributed by atoms with van der Waals surface area (Å²) in [4.78, 5) is 111. The Hall–Kier alpha value is -6.60. The summed E-state index contributed by atoms with van der Waals surface area (Å²) >= 11 is 0. The number of carboxylic acid groups (broad SMARTS) is 1. The van der Waals surface area contributed by atoms with Crippen LogP contribution in [0.15, 0.2) is 102 Å². The zero-order valence-corrected chi connectivity index (χ0v) is 39.5. The summed E-state index contributed by atoms with van der Waals surface area (Å²) < 4.78 is 30.4. The maximum absolute atomic E-state index is 15.8. The molecule has 1 aliphatic heterocycles. The van der Waals surface area contributed by atoms with Crippen molar-refractivity contribution in [2.75, 3.05) is 6.61 Å². The van der Waals surface area contributed by atoms with Crippen LogP contribution in [0.2, 0.25) is 0 Å². The molecule has 1 amide bonds. The lowest BCUT2D eigenvalue weighted by Gasteiger charge is -2.67. The minimum absolute atomic E-state index is 0.0284. The van der Waals surface area contributed by atoms with Gasteiger partial charge in [0.05, 0.1) is 36.0 Å². The molecular formula is C52H57NO17. The molecule has 2 saturated carbocycles. The first-order chi connectivity index (χ1) is 33.0. The van der Waals surface area contributed by atoms with Gasteiger partial charge in [-0.05, 0) is 61.7 Å². The lowest BCUT2D eigenvalue weighted by Crippen LogP contribution is -2.81. The third-order valence-electron chi connectivity index (χ3n) is 14.7. The van der Waals surface area contributed by atoms with E-state index in [1.807, 2.05) is 0 Å². The van der Waals surface area contributed by atoms with E-state index in [1.54, 1.807) is 68.4 Å². The van der Waals surface area contributed by atoms with Gasteiger partial charge in [0.1, 0.15) is 41.5 Å². The van der Waals surface area contributed by atoms with E-state index >= 15 is 9.59 Å². The highest BCUT2D eigenvalue weighted by molar-refractivity contribution is 5.96. The van der Waals surface area contributed by atoms with Gasteiger partial charge in [0.15, 0.2) is 11.7 Å². The summed E-state index contributed by atoms with van der Waals surface area (Å²) in [5.41, 5.74) is -7.29. The molecule has 3 aliphatic carbocycles. The number of amides is 1. The Labute approximate surface area is 403 Å². The van der Waals surface area contributed by atoms with Gasteiger partial charge in [0, 0.05) is 43.1 Å². The molecule has 5 N–H and O–H groups in total. The van der Waals surface area contributed by atoms with Crippen molar-refractivity contribution in [3.05, 3.63) is 119 Å². The van der Waals surface area contributed by atoms with E-state index in [4.69, 9.17) is 23.7 Å². The molecule has 18 heteroatoms. The van der Waals surface area contributed by atoms with Crippen LogP contribution in [0.5, 0.6) is 0 Å². The average Bonchev–Trinajstić information content (AvgIpc) is 3.31. The molecule has 0 radical (unpaired) electrons. The smallest absolute Gasteiger partial charge is 0.350 e. The average molecular weight is 968 g/mol. The minimum atomic E-state index is -2.46. The number of rotatable bonds is 15. The molecular weight excluding hydrogens is 911 g/mol. The van der Waals surface area contributed by atoms with E-state index in [2.05, 4.69) is 5.32 Å². The van der Waals surface area contributed by atoms with Crippen LogP contribution in [0.4, 0.5) is 0 Å². The Morgan fingerprint density at radius 3 is 1.99 bits per heavy atom. The SMILES string of the molecule is CC(=O)C[C@H]1C(=O)[C@@]2(C)[C@H]([C@H](OC(=O)c3ccccc3)[C@]3(O)C[C@H](OC(=O)[C@H](OC(=O)C[C@H](O)C(=O)O)[C@@H](NC(=O)c4ccccc4)c4ccccc4)C(C)=C1C3(C)C)[C@]1(OC(C)=O)CO[C@@H]1C[C@@H]2O. The number of hydrogen-bond acceptors (Lipinski definition) is 16. The highest BCUT2D eigenvalue weighted by atomic mass is 16.6. The molecule has 1 heterocycles. The van der Waals surface area contributed by atoms with Crippen molar-refractivity contribution in [2.45, 2.75) is 121 Å². The van der Waals surface area contributed by atoms with Gasteiger partial charge >= 0.3 is 29.8 Å². The second-order valence-corrected chi connectivity index (χ2v) is 19.3. The number of Topliss-reactive ketones (excluding diaryl/α,β-unsaturated/α-hetero) is 2. The minimum Gasteiger partial charge on any atom is -0.479 e. The first-order valence-corrected chi connectivity index (χ1v) is 22.9. The zero-order chi connectivity index (χ0) is 51.1. The summed E-state index contributed by atoms with van der Waals surface area (Å²) in [6.45, 7) is 8.15. The maximum atomic E-state index is 15.8. The third-order valence-corrected chi connectivity index (χ3v) is 14.7. The predicted molar refractivity (Wildman–Crippen MR) is 243 cm³/mol. The Bertz CT molecular complexity index is 2580. The van der Waals surface area contributed by atoms with E-state index in [0.717, 1.165) is 6.92 Å². The number of nitrogens with one attached hydrogen (secondary N) is 1. The molecule has 1 saturated heterocycles. The summed E-state index contributed by atoms with van der Waals surface area (Å²) in [7, 11) is 0. The van der Waals surface area contributed by atoms with Crippen LogP contribution in [-0.2, 0) is 52.5 Å². The van der Waals surface area contributed by atoms with Gasteiger partial charge in [0.25, 0.3) is 5.91 Å². The van der Waals surface area contributed by atoms with Crippen LogP contribution in [0, 0.1) is 22.7 Å². The van der Waals surface area contributed by atoms with Gasteiger partial charge in [-0.1, -0.05) is 80.6 Å². The number of aliphatic carboxylic acids is 1. The van der Waals surface area contributed by atoms with Crippen LogP contribution in [0.25, 0.3) is 0 Å². The van der Waals surface area contributed by atoms with Crippen molar-refractivity contribution in [1.82, 2.24) is 5.32 Å². The number of aliphatic hydroxyl groups is 3. The van der Waals surface area contributed by atoms with Gasteiger partial charge in [0.2, 0.25) is 6.10 Å². The molecule has 0 aromatic heterocycles. The number of ether oxygens (including phenoxy) is 5. The quantitative estimate of drug-likeness (QED) is 0.0823. The van der Waals surface area contributed by atoms with Gasteiger partial charge in [-0.2, -0.15) is 0 Å². The largest absolute Gasteiger partial charge is 0.479 e. The van der Waals surface area contributed by atoms with E-state index in [1.165, 1.54) is 57.2 Å². The summed E-state index contributed by atoms with van der Waals surface area (Å²) in [6, 6.07) is 21.8. The number of ketones is 2. The first kappa shape index (κ1) is 51.3. The number of benzene rings is 3. The lowest BCUT2D eigenvalue weighted by molar-refractivity contribution is -0.345. The molecule has 3 fully saturated rings. The molecule has 7 rings (SSSR count). The number of carbonyl (C=O) groups is 8. The van der Waals surface area contributed by atoms with Crippen LogP contribution < -0.4 is 5.32 Å². The molecule has 0 spiro atoms. The van der Waals surface area contributed by atoms with Crippen molar-refractivity contribution in [1.29, 1.82) is 0 Å². The number of fused-ring (bicyclic) bond motifs is 5. The fraction of sp³-hybridized carbons (Fsp3) is 0.462. The molecule has 2 bridgehead atoms. The fourth-order valence-electron chi connectivity index (χ4n) is 11.2. The fourth-order valence-corrected chi connectivity index (χ4v) is 11.2. The first-order valence-electron chi connectivity index (χ1n) is 22.9. The summed E-state index contributed by atoms with van der Waals surface area (Å²) in [5, 5.41) is 48.4. The zero-order valence-electron chi connectivity index (χ0n) is 39.5. The molecule has 3 aromatic rings. The van der Waals surface area contributed by atoms with Crippen LogP contribution >= 0.6 is 0 Å². The molecule has 18 nitrogen and oxygen atoms in total. The van der Waals surface area contributed by atoms with Gasteiger partial charge in [-0.15, -0.1) is 0 Å². The lowest BCUT2D eigenvalue weighted by atomic mass is 9.43. The monoisotopic (exact) mass is 967 g/mol. The van der Waals surface area contributed by atoms with Crippen LogP contribution in [0.1, 0.15) is 99.5 Å². The third kappa shape index (κ3) is 9.16. The number of carbonyl (C=O) groups excluding carboxylic acids is 7. The number of carboxylic acids is 1. The van der Waals surface area contributed by atoms with E-state index in [-0.39, 0.29) is 40.9 Å². The van der Waals surface area contributed by atoms with Crippen molar-refractivity contribution in [2.24, 2.45) is 22.7 Å². The van der Waals surface area contributed by atoms with Gasteiger partial charge < -0.3 is 49.4 Å². The maximum Gasteiger partial charge on any atom is 0.350 e. The Balaban J connectivity index is 1.42. The van der Waals surface area contributed by atoms with E-state index < -0.39 is 143 Å². The number of hydrogen-bond donors (Lipinski definition) is 5. The second-order valence-electron chi connectivity index (χ2n) is 19.3. The van der Waals surface area contributed by atoms with Crippen molar-refractivity contribution in [3.63, 3.8) is 0 Å². The normalized spacial score (nSPS) is 29.9. The predicted octanol–water partition coefficient (Wildman–Crippen LogP) is 3.79. The van der Waals surface area contributed by atoms with Crippen LogP contribution in [-0.4, -0.2) is 122 Å². The van der Waals surface area contributed by atoms with E-state index in [9.17, 15) is 49.2 Å². The Morgan fingerprint density at radius 2 is 1.44 bits per heavy atom. The second kappa shape index (κ2) is 19.7. The summed E-state index contributed by atoms with van der Waals surface area (Å²) in [6.07, 6.45) is -13.0. The highest BCUT2D eigenvalue weighted by Gasteiger charge is 2.78. The molecule has 70 heavy (non-hydrogen) atoms. The Morgan fingerprint density at radius 1 is 0.857 bits per heavy atom. The van der Waals surface area contributed by atoms with Crippen molar-refractivity contribution >= 4 is 47.3 Å².